The van der Waals surface area contributed by atoms with Crippen LogP contribution in [0.15, 0.2) is 0 Å². The van der Waals surface area contributed by atoms with Crippen molar-refractivity contribution >= 4 is 6.03 Å². The maximum atomic E-state index is 11.1. The van der Waals surface area contributed by atoms with Crippen LogP contribution >= 0.6 is 0 Å². The van der Waals surface area contributed by atoms with E-state index in [-0.39, 0.29) is 12.1 Å². The summed E-state index contributed by atoms with van der Waals surface area (Å²) in [5, 5.41) is 14.4. The highest BCUT2D eigenvalue weighted by Crippen LogP contribution is 1.91. The normalized spacial score (nSPS) is 12.2. The fraction of sp³-hybridized carbons (Fsp3) is 0.900. The van der Waals surface area contributed by atoms with E-state index in [1.54, 1.807) is 6.92 Å². The molecule has 0 bridgehead atoms. The summed E-state index contributed by atoms with van der Waals surface area (Å²) >= 11 is 0. The van der Waals surface area contributed by atoms with Gasteiger partial charge in [0, 0.05) is 13.1 Å². The van der Waals surface area contributed by atoms with Crippen LogP contribution in [-0.4, -0.2) is 30.3 Å². The number of unbranched alkanes of at least 4 members (excludes halogenated alkanes) is 2. The fourth-order valence-electron chi connectivity index (χ4n) is 1.03. The number of aliphatic hydroxyl groups excluding tert-OH is 1. The Balaban J connectivity index is 3.20. The van der Waals surface area contributed by atoms with Gasteiger partial charge in [-0.15, -0.1) is 0 Å². The van der Waals surface area contributed by atoms with Crippen LogP contribution in [0.5, 0.6) is 0 Å². The molecule has 0 aromatic heterocycles. The Morgan fingerprint density at radius 1 is 1.29 bits per heavy atom. The Labute approximate surface area is 86.1 Å². The molecule has 0 rings (SSSR count). The molecule has 0 fully saturated rings. The summed E-state index contributed by atoms with van der Waals surface area (Å²) in [4.78, 5) is 11.1. The van der Waals surface area contributed by atoms with E-state index >= 15 is 0 Å². The standard InChI is InChI=1S/C10H22N2O2/c1-3-4-5-7-11-10(14)12-8-6-9(2)13/h9,13H,3-8H2,1-2H3,(H2,11,12,14). The van der Waals surface area contributed by atoms with E-state index < -0.39 is 0 Å². The average Bonchev–Trinajstić information content (AvgIpc) is 2.12. The van der Waals surface area contributed by atoms with Crippen molar-refractivity contribution in [3.63, 3.8) is 0 Å². The molecule has 0 aromatic carbocycles. The summed E-state index contributed by atoms with van der Waals surface area (Å²) in [6, 6.07) is -0.137. The molecule has 0 aliphatic rings. The smallest absolute Gasteiger partial charge is 0.314 e. The summed E-state index contributed by atoms with van der Waals surface area (Å²) in [6.45, 7) is 5.09. The largest absolute Gasteiger partial charge is 0.393 e. The molecule has 4 heteroatoms. The molecule has 1 atom stereocenters. The topological polar surface area (TPSA) is 61.4 Å². The van der Waals surface area contributed by atoms with E-state index in [1.165, 1.54) is 0 Å². The number of hydrogen-bond acceptors (Lipinski definition) is 2. The molecule has 3 N–H and O–H groups in total. The monoisotopic (exact) mass is 202 g/mol. The van der Waals surface area contributed by atoms with Gasteiger partial charge in [0.05, 0.1) is 6.10 Å². The highest BCUT2D eigenvalue weighted by atomic mass is 16.3. The second-order valence-corrected chi connectivity index (χ2v) is 3.53. The summed E-state index contributed by atoms with van der Waals surface area (Å²) in [7, 11) is 0. The number of nitrogens with one attached hydrogen (secondary N) is 2. The van der Waals surface area contributed by atoms with Crippen LogP contribution in [0, 0.1) is 0 Å². The van der Waals surface area contributed by atoms with Crippen LogP contribution < -0.4 is 10.6 Å². The first kappa shape index (κ1) is 13.2. The van der Waals surface area contributed by atoms with Crippen molar-refractivity contribution in [2.24, 2.45) is 0 Å². The maximum Gasteiger partial charge on any atom is 0.314 e. The summed E-state index contributed by atoms with van der Waals surface area (Å²) < 4.78 is 0. The van der Waals surface area contributed by atoms with Crippen LogP contribution in [0.3, 0.4) is 0 Å². The molecule has 0 heterocycles. The van der Waals surface area contributed by atoms with Gasteiger partial charge in [-0.05, 0) is 19.8 Å². The van der Waals surface area contributed by atoms with Gasteiger partial charge in [0.15, 0.2) is 0 Å². The lowest BCUT2D eigenvalue weighted by molar-refractivity contribution is 0.183. The van der Waals surface area contributed by atoms with E-state index in [1.807, 2.05) is 0 Å². The van der Waals surface area contributed by atoms with E-state index in [9.17, 15) is 4.79 Å². The molecule has 2 amide bonds. The fourth-order valence-corrected chi connectivity index (χ4v) is 1.03. The predicted molar refractivity (Wildman–Crippen MR) is 57.2 cm³/mol. The molecule has 0 spiro atoms. The lowest BCUT2D eigenvalue weighted by Crippen LogP contribution is -2.37. The summed E-state index contributed by atoms with van der Waals surface area (Å²) in [5.41, 5.74) is 0. The van der Waals surface area contributed by atoms with Gasteiger partial charge in [0.1, 0.15) is 0 Å². The van der Waals surface area contributed by atoms with Gasteiger partial charge >= 0.3 is 6.03 Å². The molecule has 1 unspecified atom stereocenters. The van der Waals surface area contributed by atoms with Gasteiger partial charge in [-0.2, -0.15) is 0 Å². The zero-order valence-corrected chi connectivity index (χ0v) is 9.18. The molecule has 0 aliphatic heterocycles. The van der Waals surface area contributed by atoms with Gasteiger partial charge in [-0.1, -0.05) is 19.8 Å². The van der Waals surface area contributed by atoms with Gasteiger partial charge in [-0.3, -0.25) is 0 Å². The zero-order valence-electron chi connectivity index (χ0n) is 9.18. The zero-order chi connectivity index (χ0) is 10.8. The molecule has 4 nitrogen and oxygen atoms in total. The first-order chi connectivity index (χ1) is 6.66. The molecular formula is C10H22N2O2. The number of carbonyl (C=O) groups excluding carboxylic acids is 1. The minimum absolute atomic E-state index is 0.137. The van der Waals surface area contributed by atoms with Crippen molar-refractivity contribution < 1.29 is 9.90 Å². The van der Waals surface area contributed by atoms with Crippen LogP contribution in [0.2, 0.25) is 0 Å². The van der Waals surface area contributed by atoms with E-state index in [0.717, 1.165) is 25.8 Å². The number of urea groups is 1. The lowest BCUT2D eigenvalue weighted by Gasteiger charge is -2.08. The van der Waals surface area contributed by atoms with Gasteiger partial charge in [0.25, 0.3) is 0 Å². The van der Waals surface area contributed by atoms with Crippen molar-refractivity contribution in [2.75, 3.05) is 13.1 Å². The molecule has 14 heavy (non-hydrogen) atoms. The third kappa shape index (κ3) is 9.32. The molecule has 0 saturated heterocycles. The van der Waals surface area contributed by atoms with Crippen molar-refractivity contribution in [2.45, 2.75) is 45.6 Å². The molecular weight excluding hydrogens is 180 g/mol. The molecule has 0 radical (unpaired) electrons. The minimum Gasteiger partial charge on any atom is -0.393 e. The Bertz CT molecular complexity index is 149. The molecule has 0 aromatic rings. The quantitative estimate of drug-likeness (QED) is 0.544. The van der Waals surface area contributed by atoms with Gasteiger partial charge in [-0.25, -0.2) is 4.79 Å². The predicted octanol–water partition coefficient (Wildman–Crippen LogP) is 1.25. The van der Waals surface area contributed by atoms with Crippen LogP contribution in [0.1, 0.15) is 39.5 Å². The second kappa shape index (κ2) is 8.81. The second-order valence-electron chi connectivity index (χ2n) is 3.53. The van der Waals surface area contributed by atoms with Crippen LogP contribution in [0.4, 0.5) is 4.79 Å². The van der Waals surface area contributed by atoms with Crippen molar-refractivity contribution in [3.05, 3.63) is 0 Å². The van der Waals surface area contributed by atoms with E-state index in [2.05, 4.69) is 17.6 Å². The Morgan fingerprint density at radius 3 is 2.50 bits per heavy atom. The van der Waals surface area contributed by atoms with Gasteiger partial charge < -0.3 is 15.7 Å². The summed E-state index contributed by atoms with van der Waals surface area (Å²) in [6.07, 6.45) is 3.58. The van der Waals surface area contributed by atoms with E-state index in [4.69, 9.17) is 5.11 Å². The lowest BCUT2D eigenvalue weighted by atomic mass is 10.2. The number of hydrogen-bond donors (Lipinski definition) is 3. The number of amides is 2. The van der Waals surface area contributed by atoms with E-state index in [0.29, 0.717) is 13.0 Å². The Kier molecular flexibility index (Phi) is 8.33. The Hall–Kier alpha value is -0.770. The highest BCUT2D eigenvalue weighted by molar-refractivity contribution is 5.73. The third-order valence-electron chi connectivity index (χ3n) is 1.91. The van der Waals surface area contributed by atoms with Crippen molar-refractivity contribution in [1.29, 1.82) is 0 Å². The average molecular weight is 202 g/mol. The maximum absolute atomic E-state index is 11.1. The number of rotatable bonds is 7. The van der Waals surface area contributed by atoms with Crippen LogP contribution in [0.25, 0.3) is 0 Å². The number of aliphatic hydroxyl groups is 1. The third-order valence-corrected chi connectivity index (χ3v) is 1.91. The first-order valence-electron chi connectivity index (χ1n) is 5.36. The van der Waals surface area contributed by atoms with Crippen molar-refractivity contribution in [1.82, 2.24) is 10.6 Å². The molecule has 84 valence electrons. The van der Waals surface area contributed by atoms with Crippen LogP contribution in [-0.2, 0) is 0 Å². The SMILES string of the molecule is CCCCCNC(=O)NCCC(C)O. The number of carbonyl (C=O) groups is 1. The molecule has 0 aliphatic carbocycles. The first-order valence-corrected chi connectivity index (χ1v) is 5.36. The Morgan fingerprint density at radius 2 is 1.93 bits per heavy atom. The highest BCUT2D eigenvalue weighted by Gasteiger charge is 1.99. The van der Waals surface area contributed by atoms with Gasteiger partial charge in [0.2, 0.25) is 0 Å². The van der Waals surface area contributed by atoms with Crippen molar-refractivity contribution in [3.8, 4) is 0 Å². The molecule has 0 saturated carbocycles. The summed E-state index contributed by atoms with van der Waals surface area (Å²) in [5.74, 6) is 0. The minimum atomic E-state index is -0.351.